The average molecular weight is 308 g/mol. The van der Waals surface area contributed by atoms with Gasteiger partial charge in [-0.1, -0.05) is 38.3 Å². The van der Waals surface area contributed by atoms with Crippen molar-refractivity contribution >= 4 is 17.9 Å². The summed E-state index contributed by atoms with van der Waals surface area (Å²) >= 11 is 6.26. The van der Waals surface area contributed by atoms with E-state index in [1.54, 1.807) is 0 Å². The smallest absolute Gasteiger partial charge is 0.153 e. The third-order valence-corrected chi connectivity index (χ3v) is 5.24. The zero-order chi connectivity index (χ0) is 15.2. The summed E-state index contributed by atoms with van der Waals surface area (Å²) in [5.74, 6) is 0.343. The van der Waals surface area contributed by atoms with Crippen LogP contribution in [0.4, 0.5) is 0 Å². The zero-order valence-electron chi connectivity index (χ0n) is 12.7. The third kappa shape index (κ3) is 2.62. The molecule has 1 atom stereocenters. The molecule has 0 amide bonds. The summed E-state index contributed by atoms with van der Waals surface area (Å²) in [6.45, 7) is 4.27. The van der Waals surface area contributed by atoms with E-state index in [0.29, 0.717) is 23.1 Å². The number of aldehydes is 1. The van der Waals surface area contributed by atoms with E-state index in [9.17, 15) is 9.90 Å². The first-order valence-corrected chi connectivity index (χ1v) is 8.16. The van der Waals surface area contributed by atoms with Crippen LogP contribution in [0.5, 0.6) is 0 Å². The van der Waals surface area contributed by atoms with Crippen LogP contribution in [0.3, 0.4) is 0 Å². The van der Waals surface area contributed by atoms with Crippen LogP contribution in [0.15, 0.2) is 0 Å². The van der Waals surface area contributed by atoms with Crippen LogP contribution < -0.4 is 0 Å². The molecule has 1 heterocycles. The van der Waals surface area contributed by atoms with Crippen LogP contribution in [0.2, 0.25) is 5.15 Å². The minimum Gasteiger partial charge on any atom is -0.388 e. The SMILES string of the molecule is CC1(C)Cc2nc(Cl)c(C=O)c(C3CCCC3)c2[C@@H](O)C1. The molecule has 3 nitrogen and oxygen atoms in total. The summed E-state index contributed by atoms with van der Waals surface area (Å²) in [6.07, 6.45) is 6.30. The fourth-order valence-corrected chi connectivity index (χ4v) is 4.32. The monoisotopic (exact) mass is 307 g/mol. The van der Waals surface area contributed by atoms with Crippen molar-refractivity contribution in [2.24, 2.45) is 5.41 Å². The van der Waals surface area contributed by atoms with Crippen molar-refractivity contribution in [3.05, 3.63) is 27.5 Å². The largest absolute Gasteiger partial charge is 0.388 e. The summed E-state index contributed by atoms with van der Waals surface area (Å²) in [5.41, 5.74) is 3.28. The van der Waals surface area contributed by atoms with Gasteiger partial charge in [-0.25, -0.2) is 4.98 Å². The molecule has 2 aliphatic carbocycles. The van der Waals surface area contributed by atoms with E-state index >= 15 is 0 Å². The van der Waals surface area contributed by atoms with E-state index in [1.807, 2.05) is 0 Å². The molecular weight excluding hydrogens is 286 g/mol. The number of aromatic nitrogens is 1. The summed E-state index contributed by atoms with van der Waals surface area (Å²) in [7, 11) is 0. The van der Waals surface area contributed by atoms with Crippen LogP contribution in [0.1, 0.15) is 85.2 Å². The maximum absolute atomic E-state index is 11.5. The van der Waals surface area contributed by atoms with Gasteiger partial charge in [-0.2, -0.15) is 0 Å². The van der Waals surface area contributed by atoms with E-state index in [-0.39, 0.29) is 5.41 Å². The summed E-state index contributed by atoms with van der Waals surface area (Å²) in [4.78, 5) is 16.0. The lowest BCUT2D eigenvalue weighted by Gasteiger charge is -2.36. The summed E-state index contributed by atoms with van der Waals surface area (Å²) in [6, 6.07) is 0. The molecule has 114 valence electrons. The Morgan fingerprint density at radius 1 is 1.29 bits per heavy atom. The number of rotatable bonds is 2. The van der Waals surface area contributed by atoms with Crippen LogP contribution in [0, 0.1) is 5.41 Å². The number of pyridine rings is 1. The van der Waals surface area contributed by atoms with E-state index in [4.69, 9.17) is 11.6 Å². The predicted octanol–water partition coefficient (Wildman–Crippen LogP) is 4.21. The lowest BCUT2D eigenvalue weighted by atomic mass is 9.72. The van der Waals surface area contributed by atoms with Crippen LogP contribution in [-0.4, -0.2) is 16.4 Å². The first-order chi connectivity index (χ1) is 9.93. The van der Waals surface area contributed by atoms with Gasteiger partial charge in [0, 0.05) is 11.3 Å². The van der Waals surface area contributed by atoms with E-state index in [1.165, 1.54) is 12.8 Å². The molecule has 1 saturated carbocycles. The van der Waals surface area contributed by atoms with Gasteiger partial charge in [-0.05, 0) is 42.6 Å². The maximum atomic E-state index is 11.5. The molecule has 0 bridgehead atoms. The van der Waals surface area contributed by atoms with Gasteiger partial charge in [-0.3, -0.25) is 4.79 Å². The van der Waals surface area contributed by atoms with Gasteiger partial charge in [0.2, 0.25) is 0 Å². The number of carbonyl (C=O) groups excluding carboxylic acids is 1. The van der Waals surface area contributed by atoms with E-state index in [2.05, 4.69) is 18.8 Å². The molecular formula is C17H22ClNO2. The van der Waals surface area contributed by atoms with Crippen LogP contribution >= 0.6 is 11.6 Å². The first kappa shape index (κ1) is 15.0. The highest BCUT2D eigenvalue weighted by atomic mass is 35.5. The molecule has 2 aliphatic rings. The minimum atomic E-state index is -0.539. The molecule has 1 aromatic rings. The van der Waals surface area contributed by atoms with E-state index < -0.39 is 6.10 Å². The second-order valence-electron chi connectivity index (χ2n) is 7.25. The number of hydrogen-bond donors (Lipinski definition) is 1. The Labute approximate surface area is 130 Å². The minimum absolute atomic E-state index is 0.0123. The maximum Gasteiger partial charge on any atom is 0.153 e. The van der Waals surface area contributed by atoms with Gasteiger partial charge >= 0.3 is 0 Å². The number of fused-ring (bicyclic) bond motifs is 1. The second kappa shape index (κ2) is 5.36. The quantitative estimate of drug-likeness (QED) is 0.657. The molecule has 0 aromatic carbocycles. The summed E-state index contributed by atoms with van der Waals surface area (Å²) in [5, 5.41) is 11.0. The molecule has 0 radical (unpaired) electrons. The molecule has 1 N–H and O–H groups in total. The highest BCUT2D eigenvalue weighted by Gasteiger charge is 2.37. The van der Waals surface area contributed by atoms with Crippen molar-refractivity contribution in [2.45, 2.75) is 64.4 Å². The Kier molecular flexibility index (Phi) is 3.83. The molecule has 4 heteroatoms. The van der Waals surface area contributed by atoms with Crippen LogP contribution in [-0.2, 0) is 6.42 Å². The molecule has 3 rings (SSSR count). The fraction of sp³-hybridized carbons (Fsp3) is 0.647. The normalized spacial score (nSPS) is 24.9. The number of aliphatic hydroxyl groups is 1. The Bertz CT molecular complexity index is 577. The number of halogens is 1. The van der Waals surface area contributed by atoms with Crippen molar-refractivity contribution < 1.29 is 9.90 Å². The van der Waals surface area contributed by atoms with Crippen molar-refractivity contribution in [1.82, 2.24) is 4.98 Å². The zero-order valence-corrected chi connectivity index (χ0v) is 13.4. The molecule has 0 unspecified atom stereocenters. The highest BCUT2D eigenvalue weighted by molar-refractivity contribution is 6.32. The number of nitrogens with zero attached hydrogens (tertiary/aromatic N) is 1. The van der Waals surface area contributed by atoms with Gasteiger partial charge in [0.05, 0.1) is 11.7 Å². The molecule has 21 heavy (non-hydrogen) atoms. The number of hydrogen-bond acceptors (Lipinski definition) is 3. The molecule has 1 aromatic heterocycles. The third-order valence-electron chi connectivity index (χ3n) is 4.95. The van der Waals surface area contributed by atoms with Gasteiger partial charge in [-0.15, -0.1) is 0 Å². The van der Waals surface area contributed by atoms with Crippen molar-refractivity contribution in [2.75, 3.05) is 0 Å². The standard InChI is InChI=1S/C17H22ClNO2/c1-17(2)7-12-15(13(21)8-17)14(10-5-3-4-6-10)11(9-20)16(18)19-12/h9-10,13,21H,3-8H2,1-2H3/t13-/m0/s1. The fourth-order valence-electron chi connectivity index (χ4n) is 4.07. The lowest BCUT2D eigenvalue weighted by molar-refractivity contribution is 0.0965. The second-order valence-corrected chi connectivity index (χ2v) is 7.61. The molecule has 0 saturated heterocycles. The molecule has 0 spiro atoms. The average Bonchev–Trinajstić information content (AvgIpc) is 2.88. The van der Waals surface area contributed by atoms with Crippen molar-refractivity contribution in [3.63, 3.8) is 0 Å². The Hall–Kier alpha value is -0.930. The lowest BCUT2D eigenvalue weighted by Crippen LogP contribution is -2.29. The Balaban J connectivity index is 2.21. The predicted molar refractivity (Wildman–Crippen MR) is 82.9 cm³/mol. The van der Waals surface area contributed by atoms with Gasteiger partial charge in [0.1, 0.15) is 5.15 Å². The summed E-state index contributed by atoms with van der Waals surface area (Å²) < 4.78 is 0. The Morgan fingerprint density at radius 2 is 1.95 bits per heavy atom. The number of carbonyl (C=O) groups is 1. The van der Waals surface area contributed by atoms with Gasteiger partial charge in [0.15, 0.2) is 6.29 Å². The molecule has 0 aliphatic heterocycles. The Morgan fingerprint density at radius 3 is 2.57 bits per heavy atom. The molecule has 1 fully saturated rings. The van der Waals surface area contributed by atoms with Crippen molar-refractivity contribution in [3.8, 4) is 0 Å². The topological polar surface area (TPSA) is 50.2 Å². The number of aliphatic hydroxyl groups excluding tert-OH is 1. The van der Waals surface area contributed by atoms with Gasteiger partial charge < -0.3 is 5.11 Å². The van der Waals surface area contributed by atoms with Gasteiger partial charge in [0.25, 0.3) is 0 Å². The van der Waals surface area contributed by atoms with Crippen molar-refractivity contribution in [1.29, 1.82) is 0 Å². The van der Waals surface area contributed by atoms with E-state index in [0.717, 1.165) is 42.4 Å². The van der Waals surface area contributed by atoms with Crippen LogP contribution in [0.25, 0.3) is 0 Å². The highest BCUT2D eigenvalue weighted by Crippen LogP contribution is 2.47. The first-order valence-electron chi connectivity index (χ1n) is 7.78.